The van der Waals surface area contributed by atoms with Crippen molar-refractivity contribution in [3.8, 4) is 0 Å². The molecule has 0 saturated carbocycles. The van der Waals surface area contributed by atoms with Gasteiger partial charge >= 0.3 is 5.97 Å². The highest BCUT2D eigenvalue weighted by Crippen LogP contribution is 2.05. The van der Waals surface area contributed by atoms with Gasteiger partial charge in [0.05, 0.1) is 13.0 Å². The Morgan fingerprint density at radius 2 is 2.00 bits per heavy atom. The van der Waals surface area contributed by atoms with Crippen molar-refractivity contribution in [3.05, 3.63) is 11.6 Å². The summed E-state index contributed by atoms with van der Waals surface area (Å²) < 4.78 is 4.61. The van der Waals surface area contributed by atoms with Crippen LogP contribution in [0.15, 0.2) is 11.6 Å². The van der Waals surface area contributed by atoms with E-state index in [0.29, 0.717) is 12.1 Å². The molecular formula is C12H21NO3. The summed E-state index contributed by atoms with van der Waals surface area (Å²) in [4.78, 5) is 24.5. The minimum Gasteiger partial charge on any atom is -0.469 e. The number of esters is 1. The molecule has 16 heavy (non-hydrogen) atoms. The molecule has 0 saturated heterocycles. The molecule has 0 aliphatic carbocycles. The third kappa shape index (κ3) is 4.47. The van der Waals surface area contributed by atoms with Gasteiger partial charge in [0.25, 0.3) is 0 Å². The zero-order valence-corrected chi connectivity index (χ0v) is 10.7. The minimum atomic E-state index is -0.298. The fourth-order valence-corrected chi connectivity index (χ4v) is 1.46. The Kier molecular flexibility index (Phi) is 6.46. The third-order valence-electron chi connectivity index (χ3n) is 2.35. The number of allylic oxidation sites excluding steroid dienone is 1. The van der Waals surface area contributed by atoms with E-state index in [0.717, 1.165) is 6.42 Å². The Bertz CT molecular complexity index is 284. The van der Waals surface area contributed by atoms with Crippen LogP contribution in [0.2, 0.25) is 0 Å². The largest absolute Gasteiger partial charge is 0.469 e. The van der Waals surface area contributed by atoms with E-state index in [4.69, 9.17) is 0 Å². The van der Waals surface area contributed by atoms with Crippen LogP contribution >= 0.6 is 0 Å². The van der Waals surface area contributed by atoms with E-state index < -0.39 is 0 Å². The van der Waals surface area contributed by atoms with Gasteiger partial charge in [0, 0.05) is 19.2 Å². The van der Waals surface area contributed by atoms with Crippen LogP contribution in [0.25, 0.3) is 0 Å². The number of ether oxygens (including phenoxy) is 1. The van der Waals surface area contributed by atoms with Crippen LogP contribution in [0.3, 0.4) is 0 Å². The maximum atomic E-state index is 11.8. The predicted molar refractivity (Wildman–Crippen MR) is 62.9 cm³/mol. The molecular weight excluding hydrogens is 206 g/mol. The predicted octanol–water partition coefficient (Wildman–Crippen LogP) is 1.61. The molecule has 0 aromatic carbocycles. The van der Waals surface area contributed by atoms with Crippen molar-refractivity contribution in [1.29, 1.82) is 0 Å². The summed E-state index contributed by atoms with van der Waals surface area (Å²) in [6, 6.07) is 0. The first kappa shape index (κ1) is 14.7. The molecule has 0 aromatic rings. The summed E-state index contributed by atoms with van der Waals surface area (Å²) in [5, 5.41) is 0. The van der Waals surface area contributed by atoms with Gasteiger partial charge in [0.2, 0.25) is 5.91 Å². The van der Waals surface area contributed by atoms with Gasteiger partial charge in [-0.1, -0.05) is 19.9 Å². The molecule has 0 fully saturated rings. The molecule has 1 atom stereocenters. The minimum absolute atomic E-state index is 0.0439. The lowest BCUT2D eigenvalue weighted by Gasteiger charge is -2.20. The van der Waals surface area contributed by atoms with E-state index >= 15 is 0 Å². The van der Waals surface area contributed by atoms with E-state index in [2.05, 4.69) is 4.74 Å². The normalized spacial score (nSPS) is 13.2. The van der Waals surface area contributed by atoms with Gasteiger partial charge in [-0.3, -0.25) is 9.59 Å². The second-order valence-corrected chi connectivity index (χ2v) is 3.91. The summed E-state index contributed by atoms with van der Waals surface area (Å²) in [5.74, 6) is -0.636. The Morgan fingerprint density at radius 3 is 2.44 bits per heavy atom. The summed E-state index contributed by atoms with van der Waals surface area (Å²) >= 11 is 0. The van der Waals surface area contributed by atoms with Gasteiger partial charge in [0.1, 0.15) is 0 Å². The van der Waals surface area contributed by atoms with Crippen LogP contribution in [0.5, 0.6) is 0 Å². The molecule has 92 valence electrons. The molecule has 0 bridgehead atoms. The lowest BCUT2D eigenvalue weighted by atomic mass is 10.1. The number of nitrogens with zero attached hydrogens (tertiary/aromatic N) is 1. The number of carbonyl (C=O) groups is 2. The van der Waals surface area contributed by atoms with E-state index in [-0.39, 0.29) is 17.8 Å². The molecule has 0 aromatic heterocycles. The molecule has 0 aliphatic heterocycles. The van der Waals surface area contributed by atoms with Gasteiger partial charge in [-0.2, -0.15) is 0 Å². The highest BCUT2D eigenvalue weighted by atomic mass is 16.5. The molecule has 1 unspecified atom stereocenters. The lowest BCUT2D eigenvalue weighted by molar-refractivity contribution is -0.145. The monoisotopic (exact) mass is 227 g/mol. The highest BCUT2D eigenvalue weighted by Gasteiger charge is 2.19. The SMILES string of the molecule is CCC=C(C)C(=O)N(C)CC(C)C(=O)OC. The smallest absolute Gasteiger partial charge is 0.310 e. The Labute approximate surface area is 97.3 Å². The van der Waals surface area contributed by atoms with Crippen LogP contribution in [0, 0.1) is 5.92 Å². The first-order valence-electron chi connectivity index (χ1n) is 5.44. The Hall–Kier alpha value is -1.32. The molecule has 0 radical (unpaired) electrons. The molecule has 4 nitrogen and oxygen atoms in total. The van der Waals surface area contributed by atoms with Crippen molar-refractivity contribution in [3.63, 3.8) is 0 Å². The van der Waals surface area contributed by atoms with Crippen LogP contribution in [0.4, 0.5) is 0 Å². The topological polar surface area (TPSA) is 46.6 Å². The average Bonchev–Trinajstić information content (AvgIpc) is 2.26. The van der Waals surface area contributed by atoms with Gasteiger partial charge in [-0.25, -0.2) is 0 Å². The lowest BCUT2D eigenvalue weighted by Crippen LogP contribution is -2.34. The standard InChI is InChI=1S/C12H21NO3/c1-6-7-9(2)11(14)13(4)8-10(3)12(15)16-5/h7,10H,6,8H2,1-5H3. The number of hydrogen-bond donors (Lipinski definition) is 0. The zero-order chi connectivity index (χ0) is 12.7. The van der Waals surface area contributed by atoms with Crippen LogP contribution < -0.4 is 0 Å². The number of methoxy groups -OCH3 is 1. The molecule has 1 amide bonds. The van der Waals surface area contributed by atoms with Gasteiger partial charge in [-0.05, 0) is 13.3 Å². The first-order valence-corrected chi connectivity index (χ1v) is 5.44. The van der Waals surface area contributed by atoms with E-state index in [1.165, 1.54) is 7.11 Å². The number of rotatable bonds is 5. The van der Waals surface area contributed by atoms with Crippen molar-refractivity contribution in [2.45, 2.75) is 27.2 Å². The Morgan fingerprint density at radius 1 is 1.44 bits per heavy atom. The second-order valence-electron chi connectivity index (χ2n) is 3.91. The first-order chi connectivity index (χ1) is 7.43. The van der Waals surface area contributed by atoms with E-state index in [1.54, 1.807) is 25.8 Å². The molecule has 0 heterocycles. The van der Waals surface area contributed by atoms with Gasteiger partial charge in [0.15, 0.2) is 0 Å². The second kappa shape index (κ2) is 7.04. The average molecular weight is 227 g/mol. The molecule has 0 spiro atoms. The van der Waals surface area contributed by atoms with Gasteiger partial charge in [-0.15, -0.1) is 0 Å². The zero-order valence-electron chi connectivity index (χ0n) is 10.7. The van der Waals surface area contributed by atoms with Crippen molar-refractivity contribution >= 4 is 11.9 Å². The fourth-order valence-electron chi connectivity index (χ4n) is 1.46. The molecule has 4 heteroatoms. The van der Waals surface area contributed by atoms with Crippen LogP contribution in [0.1, 0.15) is 27.2 Å². The Balaban J connectivity index is 4.36. The quantitative estimate of drug-likeness (QED) is 0.529. The van der Waals surface area contributed by atoms with Crippen molar-refractivity contribution in [2.24, 2.45) is 5.92 Å². The van der Waals surface area contributed by atoms with Crippen LogP contribution in [-0.2, 0) is 14.3 Å². The molecule has 0 rings (SSSR count). The van der Waals surface area contributed by atoms with E-state index in [9.17, 15) is 9.59 Å². The van der Waals surface area contributed by atoms with E-state index in [1.807, 2.05) is 13.0 Å². The van der Waals surface area contributed by atoms with Crippen molar-refractivity contribution in [2.75, 3.05) is 20.7 Å². The maximum Gasteiger partial charge on any atom is 0.310 e. The fraction of sp³-hybridized carbons (Fsp3) is 0.667. The number of likely N-dealkylation sites (N-methyl/N-ethyl adjacent to an activating group) is 1. The third-order valence-corrected chi connectivity index (χ3v) is 2.35. The summed E-state index contributed by atoms with van der Waals surface area (Å²) in [7, 11) is 3.04. The number of carbonyl (C=O) groups excluding carboxylic acids is 2. The van der Waals surface area contributed by atoms with Gasteiger partial charge < -0.3 is 9.64 Å². The maximum absolute atomic E-state index is 11.8. The molecule has 0 aliphatic rings. The van der Waals surface area contributed by atoms with Crippen molar-refractivity contribution < 1.29 is 14.3 Å². The molecule has 0 N–H and O–H groups in total. The highest BCUT2D eigenvalue weighted by molar-refractivity contribution is 5.92. The number of amides is 1. The summed E-state index contributed by atoms with van der Waals surface area (Å²) in [6.45, 7) is 5.88. The van der Waals surface area contributed by atoms with Crippen LogP contribution in [-0.4, -0.2) is 37.5 Å². The summed E-state index contributed by atoms with van der Waals surface area (Å²) in [6.07, 6.45) is 2.71. The number of hydrogen-bond acceptors (Lipinski definition) is 3. The van der Waals surface area contributed by atoms with Crippen molar-refractivity contribution in [1.82, 2.24) is 4.90 Å². The summed E-state index contributed by atoms with van der Waals surface area (Å²) in [5.41, 5.74) is 0.710.